The normalized spacial score (nSPS) is 9.55. The average molecular weight is 167 g/mol. The summed E-state index contributed by atoms with van der Waals surface area (Å²) in [6.07, 6.45) is -0.0337. The van der Waals surface area contributed by atoms with Crippen LogP contribution < -0.4 is 5.11 Å². The van der Waals surface area contributed by atoms with Gasteiger partial charge in [-0.3, -0.25) is 0 Å². The number of thiol groups is 1. The van der Waals surface area contributed by atoms with Gasteiger partial charge in [0, 0.05) is 17.3 Å². The third-order valence-corrected chi connectivity index (χ3v) is 1.58. The number of rotatable bonds is 2. The van der Waals surface area contributed by atoms with E-state index in [2.05, 4.69) is 12.6 Å². The summed E-state index contributed by atoms with van der Waals surface area (Å²) >= 11 is 4.06. The summed E-state index contributed by atoms with van der Waals surface area (Å²) in [5, 5.41) is 10.1. The van der Waals surface area contributed by atoms with Gasteiger partial charge < -0.3 is 9.90 Å². The monoisotopic (exact) mass is 167 g/mol. The maximum absolute atomic E-state index is 10.1. The van der Waals surface area contributed by atoms with Crippen molar-refractivity contribution in [3.05, 3.63) is 29.8 Å². The summed E-state index contributed by atoms with van der Waals surface area (Å²) in [5.41, 5.74) is 0.739. The SMILES string of the molecule is O=C([O-])Cc1ccc(S)cc1. The molecule has 1 aromatic rings. The number of carbonyl (C=O) groups excluding carboxylic acids is 1. The molecule has 1 rings (SSSR count). The first-order chi connectivity index (χ1) is 5.18. The summed E-state index contributed by atoms with van der Waals surface area (Å²) in [7, 11) is 0. The highest BCUT2D eigenvalue weighted by Crippen LogP contribution is 2.07. The molecule has 1 aromatic carbocycles. The van der Waals surface area contributed by atoms with Crippen LogP contribution in [-0.4, -0.2) is 5.97 Å². The van der Waals surface area contributed by atoms with E-state index in [1.807, 2.05) is 0 Å². The number of hydrogen-bond acceptors (Lipinski definition) is 3. The highest BCUT2D eigenvalue weighted by atomic mass is 32.1. The molecule has 0 aliphatic rings. The van der Waals surface area contributed by atoms with Crippen LogP contribution in [0.5, 0.6) is 0 Å². The third-order valence-electron chi connectivity index (χ3n) is 1.28. The fourth-order valence-electron chi connectivity index (χ4n) is 0.780. The average Bonchev–Trinajstić information content (AvgIpc) is 1.93. The molecular formula is C8H7O2S-. The third kappa shape index (κ3) is 2.63. The van der Waals surface area contributed by atoms with Crippen molar-refractivity contribution in [1.29, 1.82) is 0 Å². The van der Waals surface area contributed by atoms with E-state index >= 15 is 0 Å². The largest absolute Gasteiger partial charge is 0.550 e. The lowest BCUT2D eigenvalue weighted by Gasteiger charge is -2.01. The second-order valence-corrected chi connectivity index (χ2v) is 2.73. The summed E-state index contributed by atoms with van der Waals surface area (Å²) in [5.74, 6) is -1.06. The van der Waals surface area contributed by atoms with Crippen molar-refractivity contribution in [3.63, 3.8) is 0 Å². The zero-order valence-corrected chi connectivity index (χ0v) is 6.67. The van der Waals surface area contributed by atoms with Crippen LogP contribution >= 0.6 is 12.6 Å². The van der Waals surface area contributed by atoms with E-state index in [0.717, 1.165) is 10.5 Å². The molecule has 0 unspecified atom stereocenters. The molecule has 0 aliphatic carbocycles. The fourth-order valence-corrected chi connectivity index (χ4v) is 0.930. The second kappa shape index (κ2) is 3.44. The Bertz CT molecular complexity index is 253. The predicted molar refractivity (Wildman–Crippen MR) is 42.4 cm³/mol. The van der Waals surface area contributed by atoms with Gasteiger partial charge in [0.2, 0.25) is 0 Å². The summed E-state index contributed by atoms with van der Waals surface area (Å²) in [4.78, 5) is 10.9. The maximum atomic E-state index is 10.1. The Labute approximate surface area is 70.3 Å². The van der Waals surface area contributed by atoms with E-state index in [1.54, 1.807) is 24.3 Å². The van der Waals surface area contributed by atoms with Gasteiger partial charge in [0.05, 0.1) is 0 Å². The van der Waals surface area contributed by atoms with E-state index in [1.165, 1.54) is 0 Å². The minimum absolute atomic E-state index is 0.0337. The van der Waals surface area contributed by atoms with Gasteiger partial charge in [-0.2, -0.15) is 0 Å². The number of hydrogen-bond donors (Lipinski definition) is 1. The fraction of sp³-hybridized carbons (Fsp3) is 0.125. The molecule has 0 heterocycles. The van der Waals surface area contributed by atoms with Crippen LogP contribution in [-0.2, 0) is 11.2 Å². The van der Waals surface area contributed by atoms with Crippen molar-refractivity contribution >= 4 is 18.6 Å². The van der Waals surface area contributed by atoms with E-state index < -0.39 is 5.97 Å². The van der Waals surface area contributed by atoms with Crippen molar-refractivity contribution in [1.82, 2.24) is 0 Å². The Kier molecular flexibility index (Phi) is 2.54. The Morgan fingerprint density at radius 1 is 1.36 bits per heavy atom. The van der Waals surface area contributed by atoms with Gasteiger partial charge in [-0.15, -0.1) is 12.6 Å². The van der Waals surface area contributed by atoms with Crippen LogP contribution in [0.3, 0.4) is 0 Å². The molecule has 11 heavy (non-hydrogen) atoms. The standard InChI is InChI=1S/C8H8O2S/c9-8(10)5-6-1-3-7(11)4-2-6/h1-4,11H,5H2,(H,9,10)/p-1. The lowest BCUT2D eigenvalue weighted by Crippen LogP contribution is -2.24. The van der Waals surface area contributed by atoms with Crippen molar-refractivity contribution < 1.29 is 9.90 Å². The molecule has 0 aliphatic heterocycles. The van der Waals surface area contributed by atoms with Crippen LogP contribution in [0.15, 0.2) is 29.2 Å². The first-order valence-electron chi connectivity index (χ1n) is 3.16. The lowest BCUT2D eigenvalue weighted by molar-refractivity contribution is -0.304. The molecule has 0 amide bonds. The molecule has 0 atom stereocenters. The Morgan fingerprint density at radius 3 is 2.36 bits per heavy atom. The number of carboxylic acid groups (broad SMARTS) is 1. The van der Waals surface area contributed by atoms with Crippen LogP contribution in [0, 0.1) is 0 Å². The summed E-state index contributed by atoms with van der Waals surface area (Å²) < 4.78 is 0. The molecule has 0 saturated heterocycles. The molecule has 0 radical (unpaired) electrons. The highest BCUT2D eigenvalue weighted by molar-refractivity contribution is 7.80. The molecule has 0 spiro atoms. The molecule has 2 nitrogen and oxygen atoms in total. The van der Waals surface area contributed by atoms with E-state index in [4.69, 9.17) is 0 Å². The number of aliphatic carboxylic acids is 1. The molecule has 3 heteroatoms. The second-order valence-electron chi connectivity index (χ2n) is 2.22. The Hall–Kier alpha value is -0.960. The molecular weight excluding hydrogens is 160 g/mol. The topological polar surface area (TPSA) is 40.1 Å². The van der Waals surface area contributed by atoms with E-state index in [9.17, 15) is 9.90 Å². The van der Waals surface area contributed by atoms with Crippen molar-refractivity contribution in [2.45, 2.75) is 11.3 Å². The zero-order chi connectivity index (χ0) is 8.27. The smallest absolute Gasteiger partial charge is 0.0458 e. The lowest BCUT2D eigenvalue weighted by atomic mass is 10.2. The Morgan fingerprint density at radius 2 is 1.91 bits per heavy atom. The van der Waals surface area contributed by atoms with E-state index in [0.29, 0.717) is 0 Å². The van der Waals surface area contributed by atoms with Gasteiger partial charge in [-0.05, 0) is 17.7 Å². The predicted octanol–water partition coefficient (Wildman–Crippen LogP) is 0.268. The number of carbonyl (C=O) groups is 1. The summed E-state index contributed by atoms with van der Waals surface area (Å²) in [6.45, 7) is 0. The van der Waals surface area contributed by atoms with Crippen LogP contribution in [0.1, 0.15) is 5.56 Å². The van der Waals surface area contributed by atoms with Crippen LogP contribution in [0.2, 0.25) is 0 Å². The minimum atomic E-state index is -1.06. The molecule has 58 valence electrons. The summed E-state index contributed by atoms with van der Waals surface area (Å²) in [6, 6.07) is 6.94. The quantitative estimate of drug-likeness (QED) is 0.642. The zero-order valence-electron chi connectivity index (χ0n) is 5.78. The molecule has 0 aromatic heterocycles. The van der Waals surface area contributed by atoms with Gasteiger partial charge in [0.25, 0.3) is 0 Å². The van der Waals surface area contributed by atoms with Gasteiger partial charge in [0.1, 0.15) is 0 Å². The molecule has 0 fully saturated rings. The van der Waals surface area contributed by atoms with Crippen molar-refractivity contribution in [2.24, 2.45) is 0 Å². The van der Waals surface area contributed by atoms with Gasteiger partial charge in [0.15, 0.2) is 0 Å². The van der Waals surface area contributed by atoms with Gasteiger partial charge in [-0.25, -0.2) is 0 Å². The van der Waals surface area contributed by atoms with Gasteiger partial charge >= 0.3 is 0 Å². The Balaban J connectivity index is 2.74. The maximum Gasteiger partial charge on any atom is 0.0458 e. The first kappa shape index (κ1) is 8.14. The van der Waals surface area contributed by atoms with Crippen molar-refractivity contribution in [2.75, 3.05) is 0 Å². The molecule has 0 N–H and O–H groups in total. The highest BCUT2D eigenvalue weighted by Gasteiger charge is 1.91. The number of benzene rings is 1. The van der Waals surface area contributed by atoms with Crippen molar-refractivity contribution in [3.8, 4) is 0 Å². The minimum Gasteiger partial charge on any atom is -0.550 e. The van der Waals surface area contributed by atoms with Gasteiger partial charge in [-0.1, -0.05) is 12.1 Å². The van der Waals surface area contributed by atoms with Crippen LogP contribution in [0.4, 0.5) is 0 Å². The van der Waals surface area contributed by atoms with Crippen LogP contribution in [0.25, 0.3) is 0 Å². The molecule has 0 saturated carbocycles. The van der Waals surface area contributed by atoms with E-state index in [-0.39, 0.29) is 6.42 Å². The first-order valence-corrected chi connectivity index (χ1v) is 3.61. The number of carboxylic acids is 1. The molecule has 0 bridgehead atoms.